The third-order valence-electron chi connectivity index (χ3n) is 4.52. The Balaban J connectivity index is 2.10. The zero-order valence-corrected chi connectivity index (χ0v) is 16.1. The van der Waals surface area contributed by atoms with Crippen LogP contribution in [0.3, 0.4) is 0 Å². The van der Waals surface area contributed by atoms with Crippen molar-refractivity contribution >= 4 is 22.8 Å². The van der Waals surface area contributed by atoms with Gasteiger partial charge in [0.05, 0.1) is 11.0 Å². The van der Waals surface area contributed by atoms with Crippen LogP contribution in [0.4, 0.5) is 0 Å². The van der Waals surface area contributed by atoms with Crippen molar-refractivity contribution in [2.24, 2.45) is 0 Å². The lowest BCUT2D eigenvalue weighted by Crippen LogP contribution is -2.33. The predicted molar refractivity (Wildman–Crippen MR) is 104 cm³/mol. The molecule has 0 radical (unpaired) electrons. The standard InChI is InChI=1S/C20H30N4O2/c1-4-10-19(25)21-14-9-13-18-22-16-11-7-8-12-17(16)24(18)15-20(26)23(5-2)6-3/h7-8,11-12H,4-6,9-10,13-15H2,1-3H3,(H,21,25). The van der Waals surface area contributed by atoms with E-state index in [1.807, 2.05) is 54.5 Å². The van der Waals surface area contributed by atoms with E-state index in [0.29, 0.717) is 32.6 Å². The summed E-state index contributed by atoms with van der Waals surface area (Å²) in [6, 6.07) is 7.91. The summed E-state index contributed by atoms with van der Waals surface area (Å²) >= 11 is 0. The van der Waals surface area contributed by atoms with E-state index < -0.39 is 0 Å². The molecule has 0 saturated heterocycles. The Kier molecular flexibility index (Phi) is 7.63. The molecule has 1 aromatic heterocycles. The number of likely N-dealkylation sites (N-methyl/N-ethyl adjacent to an activating group) is 1. The molecule has 1 N–H and O–H groups in total. The molecule has 2 amide bonds. The highest BCUT2D eigenvalue weighted by molar-refractivity contribution is 5.81. The second-order valence-electron chi connectivity index (χ2n) is 6.37. The number of imidazole rings is 1. The molecule has 142 valence electrons. The highest BCUT2D eigenvalue weighted by Gasteiger charge is 2.16. The van der Waals surface area contributed by atoms with Crippen LogP contribution in [0.25, 0.3) is 11.0 Å². The SMILES string of the molecule is CCCC(=O)NCCCc1nc2ccccc2n1CC(=O)N(CC)CC. The lowest BCUT2D eigenvalue weighted by Gasteiger charge is -2.20. The molecule has 0 bridgehead atoms. The number of hydrogen-bond donors (Lipinski definition) is 1. The summed E-state index contributed by atoms with van der Waals surface area (Å²) in [4.78, 5) is 30.7. The summed E-state index contributed by atoms with van der Waals surface area (Å²) in [5.41, 5.74) is 1.89. The van der Waals surface area contributed by atoms with Gasteiger partial charge in [-0.2, -0.15) is 0 Å². The first-order valence-corrected chi connectivity index (χ1v) is 9.59. The van der Waals surface area contributed by atoms with E-state index >= 15 is 0 Å². The fraction of sp³-hybridized carbons (Fsp3) is 0.550. The summed E-state index contributed by atoms with van der Waals surface area (Å²) in [5.74, 6) is 1.10. The van der Waals surface area contributed by atoms with Gasteiger partial charge in [-0.15, -0.1) is 0 Å². The van der Waals surface area contributed by atoms with Gasteiger partial charge in [0.15, 0.2) is 0 Å². The van der Waals surface area contributed by atoms with Crippen molar-refractivity contribution in [3.63, 3.8) is 0 Å². The van der Waals surface area contributed by atoms with E-state index in [1.165, 1.54) is 0 Å². The van der Waals surface area contributed by atoms with Gasteiger partial charge in [0.1, 0.15) is 12.4 Å². The largest absolute Gasteiger partial charge is 0.356 e. The van der Waals surface area contributed by atoms with Crippen molar-refractivity contribution < 1.29 is 9.59 Å². The van der Waals surface area contributed by atoms with Gasteiger partial charge in [0, 0.05) is 32.5 Å². The molecule has 1 aromatic carbocycles. The molecule has 1 heterocycles. The van der Waals surface area contributed by atoms with Crippen molar-refractivity contribution in [3.05, 3.63) is 30.1 Å². The molecule has 0 atom stereocenters. The molecule has 0 saturated carbocycles. The molecule has 6 nitrogen and oxygen atoms in total. The number of amides is 2. The Hall–Kier alpha value is -2.37. The number of fused-ring (bicyclic) bond motifs is 1. The van der Waals surface area contributed by atoms with Crippen LogP contribution >= 0.6 is 0 Å². The van der Waals surface area contributed by atoms with Crippen LogP contribution in [0.15, 0.2) is 24.3 Å². The van der Waals surface area contributed by atoms with E-state index in [1.54, 1.807) is 0 Å². The third kappa shape index (κ3) is 5.07. The van der Waals surface area contributed by atoms with Crippen molar-refractivity contribution in [1.82, 2.24) is 19.8 Å². The van der Waals surface area contributed by atoms with Crippen LogP contribution in [-0.4, -0.2) is 45.9 Å². The van der Waals surface area contributed by atoms with Crippen molar-refractivity contribution in [2.75, 3.05) is 19.6 Å². The Labute approximate surface area is 155 Å². The maximum atomic E-state index is 12.6. The van der Waals surface area contributed by atoms with Crippen LogP contribution in [0.2, 0.25) is 0 Å². The second-order valence-corrected chi connectivity index (χ2v) is 6.37. The van der Waals surface area contributed by atoms with Gasteiger partial charge < -0.3 is 14.8 Å². The zero-order valence-electron chi connectivity index (χ0n) is 16.1. The minimum atomic E-state index is 0.0951. The molecular weight excluding hydrogens is 328 g/mol. The molecule has 0 aliphatic heterocycles. The van der Waals surface area contributed by atoms with Gasteiger partial charge >= 0.3 is 0 Å². The lowest BCUT2D eigenvalue weighted by atomic mass is 10.2. The molecule has 6 heteroatoms. The van der Waals surface area contributed by atoms with E-state index in [4.69, 9.17) is 4.98 Å². The maximum Gasteiger partial charge on any atom is 0.242 e. The normalized spacial score (nSPS) is 10.9. The molecule has 0 fully saturated rings. The first-order valence-electron chi connectivity index (χ1n) is 9.59. The molecule has 26 heavy (non-hydrogen) atoms. The summed E-state index contributed by atoms with van der Waals surface area (Å²) in [5, 5.41) is 2.93. The third-order valence-corrected chi connectivity index (χ3v) is 4.52. The fourth-order valence-corrected chi connectivity index (χ4v) is 3.09. The second kappa shape index (κ2) is 9.94. The topological polar surface area (TPSA) is 67.2 Å². The number of aryl methyl sites for hydroxylation is 1. The molecule has 0 spiro atoms. The minimum Gasteiger partial charge on any atom is -0.356 e. The average Bonchev–Trinajstić information content (AvgIpc) is 2.98. The van der Waals surface area contributed by atoms with Crippen LogP contribution in [-0.2, 0) is 22.6 Å². The lowest BCUT2D eigenvalue weighted by molar-refractivity contribution is -0.131. The molecule has 0 unspecified atom stereocenters. The Morgan fingerprint density at radius 3 is 2.58 bits per heavy atom. The van der Waals surface area contributed by atoms with Gasteiger partial charge in [-0.05, 0) is 38.8 Å². The van der Waals surface area contributed by atoms with E-state index in [9.17, 15) is 9.59 Å². The number of hydrogen-bond acceptors (Lipinski definition) is 3. The average molecular weight is 358 g/mol. The number of aromatic nitrogens is 2. The number of para-hydroxylation sites is 2. The molecule has 0 aliphatic carbocycles. The van der Waals surface area contributed by atoms with Gasteiger partial charge in [-0.3, -0.25) is 9.59 Å². The number of rotatable bonds is 10. The Morgan fingerprint density at radius 2 is 1.88 bits per heavy atom. The number of nitrogens with zero attached hydrogens (tertiary/aromatic N) is 3. The van der Waals surface area contributed by atoms with Gasteiger partial charge in [-0.1, -0.05) is 19.1 Å². The number of carbonyl (C=O) groups excluding carboxylic acids is 2. The smallest absolute Gasteiger partial charge is 0.242 e. The number of nitrogens with one attached hydrogen (secondary N) is 1. The van der Waals surface area contributed by atoms with E-state index in [-0.39, 0.29) is 11.8 Å². The molecule has 2 aromatic rings. The molecular formula is C20H30N4O2. The van der Waals surface area contributed by atoms with Crippen LogP contribution in [0, 0.1) is 0 Å². The van der Waals surface area contributed by atoms with Gasteiger partial charge in [-0.25, -0.2) is 4.98 Å². The Bertz CT molecular complexity index is 734. The quantitative estimate of drug-likeness (QED) is 0.664. The van der Waals surface area contributed by atoms with Gasteiger partial charge in [0.2, 0.25) is 11.8 Å². The minimum absolute atomic E-state index is 0.0951. The number of benzene rings is 1. The monoisotopic (exact) mass is 358 g/mol. The molecule has 2 rings (SSSR count). The summed E-state index contributed by atoms with van der Waals surface area (Å²) in [6.45, 7) is 8.34. The first kappa shape index (κ1) is 19.9. The van der Waals surface area contributed by atoms with Crippen molar-refractivity contribution in [1.29, 1.82) is 0 Å². The summed E-state index contributed by atoms with van der Waals surface area (Å²) in [7, 11) is 0. The zero-order chi connectivity index (χ0) is 18.9. The number of carbonyl (C=O) groups is 2. The highest BCUT2D eigenvalue weighted by atomic mass is 16.2. The fourth-order valence-electron chi connectivity index (χ4n) is 3.09. The highest BCUT2D eigenvalue weighted by Crippen LogP contribution is 2.17. The van der Waals surface area contributed by atoms with Crippen LogP contribution < -0.4 is 5.32 Å². The van der Waals surface area contributed by atoms with E-state index in [0.717, 1.165) is 36.1 Å². The van der Waals surface area contributed by atoms with Crippen molar-refractivity contribution in [3.8, 4) is 0 Å². The predicted octanol–water partition coefficient (Wildman–Crippen LogP) is 2.75. The molecule has 0 aliphatic rings. The maximum absolute atomic E-state index is 12.6. The summed E-state index contributed by atoms with van der Waals surface area (Å²) < 4.78 is 2.02. The van der Waals surface area contributed by atoms with Crippen LogP contribution in [0.5, 0.6) is 0 Å². The van der Waals surface area contributed by atoms with E-state index in [2.05, 4.69) is 5.32 Å². The summed E-state index contributed by atoms with van der Waals surface area (Å²) in [6.07, 6.45) is 2.96. The van der Waals surface area contributed by atoms with Crippen molar-refractivity contribution in [2.45, 2.75) is 53.0 Å². The Morgan fingerprint density at radius 1 is 1.15 bits per heavy atom. The first-order chi connectivity index (χ1) is 12.6. The van der Waals surface area contributed by atoms with Gasteiger partial charge in [0.25, 0.3) is 0 Å². The van der Waals surface area contributed by atoms with Crippen LogP contribution in [0.1, 0.15) is 45.9 Å².